The van der Waals surface area contributed by atoms with Gasteiger partial charge in [0.25, 0.3) is 0 Å². The van der Waals surface area contributed by atoms with E-state index in [-0.39, 0.29) is 0 Å². The Hall–Kier alpha value is 0.137. The van der Waals surface area contributed by atoms with Gasteiger partial charge >= 0.3 is 0 Å². The molecule has 0 aliphatic carbocycles. The molecule has 0 rings (SSSR count). The first-order valence-electron chi connectivity index (χ1n) is 4.65. The van der Waals surface area contributed by atoms with Gasteiger partial charge in [-0.2, -0.15) is 0 Å². The molecular weight excluding hydrogens is 168 g/mol. The first-order valence-corrected chi connectivity index (χ1v) is 7.43. The molecule has 12 heavy (non-hydrogen) atoms. The summed E-state index contributed by atoms with van der Waals surface area (Å²) in [6.07, 6.45) is 1.24. The third-order valence-electron chi connectivity index (χ3n) is 1.57. The van der Waals surface area contributed by atoms with E-state index in [9.17, 15) is 5.11 Å². The third kappa shape index (κ3) is 8.24. The summed E-state index contributed by atoms with van der Waals surface area (Å²) in [5.74, 6) is 0. The minimum Gasteiger partial charge on any atom is -0.396 e. The van der Waals surface area contributed by atoms with Crippen LogP contribution in [0.25, 0.3) is 0 Å². The summed E-state index contributed by atoms with van der Waals surface area (Å²) in [4.78, 5) is 0. The van der Waals surface area contributed by atoms with Crippen LogP contribution >= 0.6 is 0 Å². The van der Waals surface area contributed by atoms with E-state index in [1.54, 1.807) is 0 Å². The third-order valence-corrected chi connectivity index (χ3v) is 2.43. The van der Waals surface area contributed by atoms with E-state index in [1.165, 1.54) is 0 Å². The van der Waals surface area contributed by atoms with Gasteiger partial charge in [-0.05, 0) is 31.4 Å². The second-order valence-corrected chi connectivity index (χ2v) is 7.11. The zero-order valence-electron chi connectivity index (χ0n) is 8.92. The van der Waals surface area contributed by atoms with E-state index in [4.69, 9.17) is 4.43 Å². The van der Waals surface area contributed by atoms with Gasteiger partial charge in [0.1, 0.15) is 6.29 Å². The van der Waals surface area contributed by atoms with Gasteiger partial charge in [0.05, 0.1) is 0 Å². The Labute approximate surface area is 77.7 Å². The lowest BCUT2D eigenvalue weighted by Gasteiger charge is -2.21. The summed E-state index contributed by atoms with van der Waals surface area (Å²) in [5, 5.41) is 9.40. The molecule has 0 radical (unpaired) electrons. The average molecular weight is 190 g/mol. The molecule has 0 saturated heterocycles. The van der Waals surface area contributed by atoms with Crippen molar-refractivity contribution in [2.45, 2.75) is 53.0 Å². The Balaban J connectivity index is 3.51. The van der Waals surface area contributed by atoms with E-state index in [1.807, 2.05) is 0 Å². The zero-order valence-corrected chi connectivity index (χ0v) is 10.1. The maximum absolute atomic E-state index is 9.40. The van der Waals surface area contributed by atoms with Gasteiger partial charge in [-0.25, -0.2) is 0 Å². The lowest BCUT2D eigenvalue weighted by Crippen LogP contribution is -2.21. The molecule has 0 aliphatic heterocycles. The number of rotatable bonds is 4. The van der Waals surface area contributed by atoms with Crippen LogP contribution in [0.4, 0.5) is 0 Å². The molecule has 1 atom stereocenters. The molecule has 0 heterocycles. The topological polar surface area (TPSA) is 29.5 Å². The smallest absolute Gasteiger partial charge is 0.174 e. The molecule has 3 heteroatoms. The van der Waals surface area contributed by atoms with Crippen molar-refractivity contribution < 1.29 is 9.53 Å². The molecule has 0 amide bonds. The summed E-state index contributed by atoms with van der Waals surface area (Å²) < 4.78 is 5.34. The van der Waals surface area contributed by atoms with Crippen LogP contribution in [0.3, 0.4) is 0 Å². The first kappa shape index (κ1) is 12.1. The minimum atomic E-state index is -1.06. The fraction of sp³-hybridized carbons (Fsp3) is 1.00. The highest BCUT2D eigenvalue weighted by Crippen LogP contribution is 2.21. The molecular formula is C9H22O2Si. The summed E-state index contributed by atoms with van der Waals surface area (Å²) in [6.45, 7) is 10.7. The largest absolute Gasteiger partial charge is 0.396 e. The van der Waals surface area contributed by atoms with Crippen LogP contribution in [-0.4, -0.2) is 20.4 Å². The van der Waals surface area contributed by atoms with E-state index in [2.05, 4.69) is 33.9 Å². The summed E-state index contributed by atoms with van der Waals surface area (Å²) in [7, 11) is -1.06. The minimum absolute atomic E-state index is 0.295. The molecule has 0 aromatic carbocycles. The van der Waals surface area contributed by atoms with Gasteiger partial charge in [0, 0.05) is 0 Å². The zero-order chi connectivity index (χ0) is 9.78. The van der Waals surface area contributed by atoms with E-state index in [0.717, 1.165) is 12.8 Å². The second kappa shape index (κ2) is 4.99. The average Bonchev–Trinajstić information content (AvgIpc) is 1.80. The van der Waals surface area contributed by atoms with Crippen molar-refractivity contribution >= 4 is 9.04 Å². The van der Waals surface area contributed by atoms with Gasteiger partial charge in [-0.15, -0.1) is 0 Å². The molecule has 0 bridgehead atoms. The molecule has 74 valence electrons. The Morgan fingerprint density at radius 1 is 1.33 bits per heavy atom. The van der Waals surface area contributed by atoms with Gasteiger partial charge in [-0.3, -0.25) is 0 Å². The van der Waals surface area contributed by atoms with E-state index < -0.39 is 15.3 Å². The van der Waals surface area contributed by atoms with Crippen molar-refractivity contribution in [3.05, 3.63) is 0 Å². The SMILES string of the molecule is C[SiH](C)OC(O)CCC(C)(C)C. The molecule has 0 aromatic rings. The summed E-state index contributed by atoms with van der Waals surface area (Å²) in [6, 6.07) is 0. The van der Waals surface area contributed by atoms with Crippen LogP contribution in [-0.2, 0) is 4.43 Å². The molecule has 2 nitrogen and oxygen atoms in total. The second-order valence-electron chi connectivity index (χ2n) is 4.74. The van der Waals surface area contributed by atoms with Crippen molar-refractivity contribution in [3.8, 4) is 0 Å². The van der Waals surface area contributed by atoms with E-state index in [0.29, 0.717) is 5.41 Å². The molecule has 0 aromatic heterocycles. The Morgan fingerprint density at radius 3 is 2.17 bits per heavy atom. The first-order chi connectivity index (χ1) is 5.31. The fourth-order valence-electron chi connectivity index (χ4n) is 0.939. The predicted molar refractivity (Wildman–Crippen MR) is 54.7 cm³/mol. The Morgan fingerprint density at radius 2 is 1.83 bits per heavy atom. The van der Waals surface area contributed by atoms with Crippen LogP contribution in [0.1, 0.15) is 33.6 Å². The maximum atomic E-state index is 9.40. The molecule has 1 unspecified atom stereocenters. The quantitative estimate of drug-likeness (QED) is 0.543. The summed E-state index contributed by atoms with van der Waals surface area (Å²) >= 11 is 0. The van der Waals surface area contributed by atoms with Crippen LogP contribution in [0.15, 0.2) is 0 Å². The molecule has 0 aliphatic rings. The highest BCUT2D eigenvalue weighted by molar-refractivity contribution is 6.48. The lowest BCUT2D eigenvalue weighted by molar-refractivity contribution is -0.0315. The molecule has 0 fully saturated rings. The molecule has 0 saturated carbocycles. The maximum Gasteiger partial charge on any atom is 0.174 e. The normalized spacial score (nSPS) is 15.2. The predicted octanol–water partition coefficient (Wildman–Crippen LogP) is 2.13. The number of aliphatic hydroxyl groups excluding tert-OH is 1. The van der Waals surface area contributed by atoms with Crippen molar-refractivity contribution in [2.24, 2.45) is 5.41 Å². The van der Waals surface area contributed by atoms with Crippen LogP contribution < -0.4 is 0 Å². The van der Waals surface area contributed by atoms with Crippen LogP contribution in [0.2, 0.25) is 13.1 Å². The van der Waals surface area contributed by atoms with Gasteiger partial charge in [0.15, 0.2) is 9.04 Å². The van der Waals surface area contributed by atoms with Gasteiger partial charge < -0.3 is 9.53 Å². The van der Waals surface area contributed by atoms with E-state index >= 15 is 0 Å². The van der Waals surface area contributed by atoms with Crippen LogP contribution in [0.5, 0.6) is 0 Å². The highest BCUT2D eigenvalue weighted by Gasteiger charge is 2.14. The van der Waals surface area contributed by atoms with Crippen molar-refractivity contribution in [1.82, 2.24) is 0 Å². The lowest BCUT2D eigenvalue weighted by atomic mass is 9.90. The van der Waals surface area contributed by atoms with Gasteiger partial charge in [0.2, 0.25) is 0 Å². The Kier molecular flexibility index (Phi) is 5.05. The fourth-order valence-corrected chi connectivity index (χ4v) is 1.70. The number of hydrogen-bond acceptors (Lipinski definition) is 2. The van der Waals surface area contributed by atoms with Crippen LogP contribution in [0, 0.1) is 5.41 Å². The van der Waals surface area contributed by atoms with Crippen molar-refractivity contribution in [1.29, 1.82) is 0 Å². The van der Waals surface area contributed by atoms with Crippen molar-refractivity contribution in [2.75, 3.05) is 0 Å². The molecule has 0 spiro atoms. The molecule has 1 N–H and O–H groups in total. The Bertz CT molecular complexity index is 118. The number of hydrogen-bond donors (Lipinski definition) is 1. The van der Waals surface area contributed by atoms with Gasteiger partial charge in [-0.1, -0.05) is 20.8 Å². The standard InChI is InChI=1S/C9H22O2Si/c1-9(2,3)7-6-8(10)11-12(4)5/h8,10,12H,6-7H2,1-5H3. The number of aliphatic hydroxyl groups is 1. The van der Waals surface area contributed by atoms with Crippen molar-refractivity contribution in [3.63, 3.8) is 0 Å². The monoisotopic (exact) mass is 190 g/mol. The summed E-state index contributed by atoms with van der Waals surface area (Å²) in [5.41, 5.74) is 0.295. The highest BCUT2D eigenvalue weighted by atomic mass is 28.3.